The minimum Gasteiger partial charge on any atom is -0.325 e. The minimum atomic E-state index is -0.118. The van der Waals surface area contributed by atoms with Gasteiger partial charge in [0.05, 0.1) is 11.3 Å². The van der Waals surface area contributed by atoms with Gasteiger partial charge in [-0.1, -0.05) is 41.1 Å². The van der Waals surface area contributed by atoms with Gasteiger partial charge in [-0.2, -0.15) is 0 Å². The number of carbonyl (C=O) groups excluding carboxylic acids is 1. The van der Waals surface area contributed by atoms with Crippen molar-refractivity contribution < 1.29 is 4.79 Å². The maximum Gasteiger partial charge on any atom is 0.234 e. The molecule has 0 saturated carbocycles. The number of amides is 1. The number of aromatic nitrogens is 3. The van der Waals surface area contributed by atoms with Crippen LogP contribution in [0.15, 0.2) is 47.6 Å². The average Bonchev–Trinajstić information content (AvgIpc) is 3.02. The Hall–Kier alpha value is -2.57. The Kier molecular flexibility index (Phi) is 5.00. The Labute approximate surface area is 172 Å². The van der Waals surface area contributed by atoms with E-state index in [4.69, 9.17) is 11.6 Å². The van der Waals surface area contributed by atoms with E-state index in [0.717, 1.165) is 22.3 Å². The van der Waals surface area contributed by atoms with Crippen LogP contribution in [0.2, 0.25) is 5.02 Å². The third-order valence-corrected chi connectivity index (χ3v) is 5.70. The summed E-state index contributed by atoms with van der Waals surface area (Å²) in [4.78, 5) is 12.4. The first-order chi connectivity index (χ1) is 13.4. The lowest BCUT2D eigenvalue weighted by atomic mass is 10.0. The van der Waals surface area contributed by atoms with Crippen molar-refractivity contribution in [3.63, 3.8) is 0 Å². The molecule has 2 aromatic heterocycles. The summed E-state index contributed by atoms with van der Waals surface area (Å²) >= 11 is 7.33. The molecule has 2 aromatic carbocycles. The Morgan fingerprint density at radius 1 is 1.11 bits per heavy atom. The molecule has 0 radical (unpaired) electrons. The van der Waals surface area contributed by atoms with Crippen LogP contribution in [-0.4, -0.2) is 26.3 Å². The number of halogens is 1. The largest absolute Gasteiger partial charge is 0.325 e. The first-order valence-corrected chi connectivity index (χ1v) is 10.2. The maximum atomic E-state index is 12.4. The second-order valence-corrected chi connectivity index (χ2v) is 8.21. The lowest BCUT2D eigenvalue weighted by Crippen LogP contribution is -2.14. The van der Waals surface area contributed by atoms with Gasteiger partial charge in [0.25, 0.3) is 0 Å². The smallest absolute Gasteiger partial charge is 0.234 e. The predicted molar refractivity (Wildman–Crippen MR) is 116 cm³/mol. The van der Waals surface area contributed by atoms with E-state index in [0.29, 0.717) is 15.9 Å². The van der Waals surface area contributed by atoms with E-state index < -0.39 is 0 Å². The highest BCUT2D eigenvalue weighted by molar-refractivity contribution is 7.99. The van der Waals surface area contributed by atoms with Crippen molar-refractivity contribution in [3.05, 3.63) is 64.2 Å². The summed E-state index contributed by atoms with van der Waals surface area (Å²) in [6, 6.07) is 13.5. The molecule has 0 spiro atoms. The van der Waals surface area contributed by atoms with Gasteiger partial charge in [0.15, 0.2) is 10.8 Å². The molecular formula is C21H19ClN4OS. The molecule has 0 unspecified atom stereocenters. The molecule has 0 atom stereocenters. The molecule has 0 aliphatic rings. The number of carbonyl (C=O) groups is 1. The van der Waals surface area contributed by atoms with Crippen molar-refractivity contribution in [2.75, 3.05) is 11.1 Å². The van der Waals surface area contributed by atoms with Gasteiger partial charge >= 0.3 is 0 Å². The summed E-state index contributed by atoms with van der Waals surface area (Å²) in [5, 5.41) is 13.9. The van der Waals surface area contributed by atoms with Crippen molar-refractivity contribution in [1.82, 2.24) is 14.6 Å². The number of benzene rings is 2. The second-order valence-electron chi connectivity index (χ2n) is 6.83. The summed E-state index contributed by atoms with van der Waals surface area (Å²) in [5.74, 6) is 0.112. The summed E-state index contributed by atoms with van der Waals surface area (Å²) in [6.07, 6.45) is 0. The fourth-order valence-electron chi connectivity index (χ4n) is 3.40. The van der Waals surface area contributed by atoms with Crippen molar-refractivity contribution in [2.24, 2.45) is 0 Å². The van der Waals surface area contributed by atoms with E-state index >= 15 is 0 Å². The van der Waals surface area contributed by atoms with Gasteiger partial charge in [0, 0.05) is 16.1 Å². The lowest BCUT2D eigenvalue weighted by molar-refractivity contribution is -0.113. The number of thioether (sulfide) groups is 1. The summed E-state index contributed by atoms with van der Waals surface area (Å²) in [5.41, 5.74) is 6.09. The molecule has 5 nitrogen and oxygen atoms in total. The van der Waals surface area contributed by atoms with Crippen LogP contribution in [0.1, 0.15) is 16.7 Å². The predicted octanol–water partition coefficient (Wildman–Crippen LogP) is 5.19. The molecule has 1 N–H and O–H groups in total. The van der Waals surface area contributed by atoms with Crippen LogP contribution in [0.25, 0.3) is 16.6 Å². The third kappa shape index (κ3) is 3.57. The van der Waals surface area contributed by atoms with Crippen molar-refractivity contribution in [1.29, 1.82) is 0 Å². The molecule has 7 heteroatoms. The summed E-state index contributed by atoms with van der Waals surface area (Å²) in [6.45, 7) is 6.27. The van der Waals surface area contributed by atoms with E-state index in [1.54, 1.807) is 18.2 Å². The van der Waals surface area contributed by atoms with Gasteiger partial charge in [0.1, 0.15) is 0 Å². The first kappa shape index (κ1) is 18.8. The molecule has 0 saturated heterocycles. The standard InChI is InChI=1S/C21H19ClN4OS/c1-12-7-14(3)20-17(8-12)13(2)9-18-24-25-21(26(18)20)28-11-19(27)23-16-6-4-5-15(22)10-16/h4-10H,11H2,1-3H3,(H,23,27). The van der Waals surface area contributed by atoms with Crippen LogP contribution in [0.4, 0.5) is 5.69 Å². The molecule has 0 fully saturated rings. The van der Waals surface area contributed by atoms with Gasteiger partial charge < -0.3 is 5.32 Å². The summed E-state index contributed by atoms with van der Waals surface area (Å²) in [7, 11) is 0. The molecule has 0 aliphatic heterocycles. The fourth-order valence-corrected chi connectivity index (χ4v) is 4.34. The number of hydrogen-bond donors (Lipinski definition) is 1. The normalized spacial score (nSPS) is 11.3. The second kappa shape index (κ2) is 7.45. The van der Waals surface area contributed by atoms with Crippen molar-refractivity contribution in [3.8, 4) is 0 Å². The zero-order chi connectivity index (χ0) is 19.8. The Morgan fingerprint density at radius 3 is 2.71 bits per heavy atom. The van der Waals surface area contributed by atoms with Crippen LogP contribution >= 0.6 is 23.4 Å². The number of fused-ring (bicyclic) bond motifs is 3. The van der Waals surface area contributed by atoms with E-state index in [9.17, 15) is 4.79 Å². The number of aryl methyl sites for hydroxylation is 3. The minimum absolute atomic E-state index is 0.118. The van der Waals surface area contributed by atoms with Crippen LogP contribution in [-0.2, 0) is 4.79 Å². The Bertz CT molecular complexity index is 1220. The van der Waals surface area contributed by atoms with Gasteiger partial charge in [-0.25, -0.2) is 0 Å². The van der Waals surface area contributed by atoms with E-state index in [-0.39, 0.29) is 11.7 Å². The Balaban J connectivity index is 1.64. The molecule has 4 rings (SSSR count). The fraction of sp³-hybridized carbons (Fsp3) is 0.190. The highest BCUT2D eigenvalue weighted by atomic mass is 35.5. The average molecular weight is 411 g/mol. The molecule has 2 heterocycles. The van der Waals surface area contributed by atoms with Crippen molar-refractivity contribution in [2.45, 2.75) is 25.9 Å². The van der Waals surface area contributed by atoms with E-state index in [1.165, 1.54) is 22.7 Å². The topological polar surface area (TPSA) is 59.3 Å². The molecule has 28 heavy (non-hydrogen) atoms. The van der Waals surface area contributed by atoms with Gasteiger partial charge in [-0.3, -0.25) is 9.20 Å². The third-order valence-electron chi connectivity index (χ3n) is 4.54. The van der Waals surface area contributed by atoms with Crippen LogP contribution in [0.5, 0.6) is 0 Å². The van der Waals surface area contributed by atoms with Crippen LogP contribution in [0, 0.1) is 20.8 Å². The highest BCUT2D eigenvalue weighted by Gasteiger charge is 2.15. The quantitative estimate of drug-likeness (QED) is 0.470. The zero-order valence-electron chi connectivity index (χ0n) is 15.8. The number of hydrogen-bond acceptors (Lipinski definition) is 4. The number of rotatable bonds is 4. The zero-order valence-corrected chi connectivity index (χ0v) is 17.4. The van der Waals surface area contributed by atoms with Crippen molar-refractivity contribution >= 4 is 51.5 Å². The molecule has 142 valence electrons. The monoisotopic (exact) mass is 410 g/mol. The Morgan fingerprint density at radius 2 is 1.93 bits per heavy atom. The maximum absolute atomic E-state index is 12.4. The first-order valence-electron chi connectivity index (χ1n) is 8.86. The van der Waals surface area contributed by atoms with Crippen LogP contribution < -0.4 is 5.32 Å². The van der Waals surface area contributed by atoms with Gasteiger partial charge in [-0.05, 0) is 62.2 Å². The lowest BCUT2D eigenvalue weighted by Gasteiger charge is -2.11. The van der Waals surface area contributed by atoms with E-state index in [1.807, 2.05) is 16.5 Å². The van der Waals surface area contributed by atoms with Gasteiger partial charge in [0.2, 0.25) is 5.91 Å². The number of nitrogens with one attached hydrogen (secondary N) is 1. The SMILES string of the molecule is Cc1cc(C)c2c(c1)c(C)cc1nnc(SCC(=O)Nc3cccc(Cl)c3)n12. The molecule has 0 bridgehead atoms. The number of nitrogens with zero attached hydrogens (tertiary/aromatic N) is 3. The number of anilines is 1. The highest BCUT2D eigenvalue weighted by Crippen LogP contribution is 2.29. The van der Waals surface area contributed by atoms with Gasteiger partial charge in [-0.15, -0.1) is 10.2 Å². The molecule has 0 aliphatic carbocycles. The molecular weight excluding hydrogens is 392 g/mol. The van der Waals surface area contributed by atoms with E-state index in [2.05, 4.69) is 48.4 Å². The summed E-state index contributed by atoms with van der Waals surface area (Å²) < 4.78 is 2.04. The van der Waals surface area contributed by atoms with Crippen LogP contribution in [0.3, 0.4) is 0 Å². The number of pyridine rings is 1. The molecule has 4 aromatic rings. The molecule has 1 amide bonds.